The number of halogens is 1. The number of hydrogen-bond donors (Lipinski definition) is 1. The second-order valence-electron chi connectivity index (χ2n) is 8.62. The van der Waals surface area contributed by atoms with Crippen LogP contribution in [0.25, 0.3) is 11.3 Å². The van der Waals surface area contributed by atoms with Crippen molar-refractivity contribution in [2.45, 2.75) is 25.3 Å². The molecule has 3 aromatic heterocycles. The van der Waals surface area contributed by atoms with Crippen molar-refractivity contribution in [3.63, 3.8) is 0 Å². The van der Waals surface area contributed by atoms with Crippen LogP contribution in [-0.4, -0.2) is 52.9 Å². The minimum absolute atomic E-state index is 0. The SMILES string of the molecule is Cl.N#Cc1ccnc(Nc2cc(C3CC3)cc(-c3cncc(CN4CCS(=O)(=O)CC4)c3)n2)c1. The number of pyridine rings is 3. The van der Waals surface area contributed by atoms with Gasteiger partial charge in [0.05, 0.1) is 28.8 Å². The third-order valence-corrected chi connectivity index (χ3v) is 7.58. The lowest BCUT2D eigenvalue weighted by Gasteiger charge is -2.26. The summed E-state index contributed by atoms with van der Waals surface area (Å²) in [7, 11) is -2.90. The molecular formula is C24H25ClN6O2S. The molecular weight excluding hydrogens is 472 g/mol. The normalized spacial score (nSPS) is 17.4. The van der Waals surface area contributed by atoms with Crippen LogP contribution in [0, 0.1) is 11.3 Å². The Bertz CT molecular complexity index is 1320. The van der Waals surface area contributed by atoms with Gasteiger partial charge in [0.2, 0.25) is 0 Å². The van der Waals surface area contributed by atoms with Crippen molar-refractivity contribution in [1.29, 1.82) is 5.26 Å². The molecule has 0 aromatic carbocycles. The number of sulfone groups is 1. The van der Waals surface area contributed by atoms with E-state index in [2.05, 4.69) is 38.4 Å². The van der Waals surface area contributed by atoms with Crippen LogP contribution in [0.15, 0.2) is 48.9 Å². The first kappa shape index (κ1) is 24.1. The van der Waals surface area contributed by atoms with Crippen LogP contribution in [0.4, 0.5) is 11.6 Å². The number of nitrogens with zero attached hydrogens (tertiary/aromatic N) is 5. The van der Waals surface area contributed by atoms with Crippen LogP contribution < -0.4 is 5.32 Å². The van der Waals surface area contributed by atoms with Gasteiger partial charge in [0.25, 0.3) is 0 Å². The number of rotatable bonds is 6. The van der Waals surface area contributed by atoms with Crippen LogP contribution in [0.3, 0.4) is 0 Å². The molecule has 1 aliphatic carbocycles. The molecule has 0 amide bonds. The summed E-state index contributed by atoms with van der Waals surface area (Å²) in [6.07, 6.45) is 7.57. The van der Waals surface area contributed by atoms with Gasteiger partial charge >= 0.3 is 0 Å². The Kier molecular flexibility index (Phi) is 7.12. The lowest BCUT2D eigenvalue weighted by Crippen LogP contribution is -2.39. The topological polar surface area (TPSA) is 112 Å². The first-order chi connectivity index (χ1) is 16.0. The van der Waals surface area contributed by atoms with E-state index in [0.717, 1.165) is 16.8 Å². The van der Waals surface area contributed by atoms with Gasteiger partial charge in [-0.2, -0.15) is 5.26 Å². The first-order valence-electron chi connectivity index (χ1n) is 11.0. The van der Waals surface area contributed by atoms with E-state index in [1.807, 2.05) is 18.5 Å². The lowest BCUT2D eigenvalue weighted by molar-refractivity contribution is 0.287. The van der Waals surface area contributed by atoms with E-state index < -0.39 is 9.84 Å². The predicted octanol–water partition coefficient (Wildman–Crippen LogP) is 3.68. The minimum Gasteiger partial charge on any atom is -0.325 e. The zero-order valence-corrected chi connectivity index (χ0v) is 20.1. The van der Waals surface area contributed by atoms with Crippen molar-refractivity contribution < 1.29 is 8.42 Å². The van der Waals surface area contributed by atoms with Crippen molar-refractivity contribution in [3.05, 3.63) is 65.6 Å². The minimum atomic E-state index is -2.90. The molecule has 10 heteroatoms. The van der Waals surface area contributed by atoms with E-state index in [-0.39, 0.29) is 23.9 Å². The monoisotopic (exact) mass is 496 g/mol. The van der Waals surface area contributed by atoms with Crippen molar-refractivity contribution in [2.75, 3.05) is 29.9 Å². The summed E-state index contributed by atoms with van der Waals surface area (Å²) in [4.78, 5) is 15.7. The van der Waals surface area contributed by atoms with Crippen molar-refractivity contribution in [3.8, 4) is 17.3 Å². The van der Waals surface area contributed by atoms with Gasteiger partial charge in [-0.3, -0.25) is 9.88 Å². The summed E-state index contributed by atoms with van der Waals surface area (Å²) >= 11 is 0. The maximum Gasteiger partial charge on any atom is 0.152 e. The van der Waals surface area contributed by atoms with E-state index in [1.54, 1.807) is 18.3 Å². The lowest BCUT2D eigenvalue weighted by atomic mass is 10.1. The second kappa shape index (κ2) is 10.1. The van der Waals surface area contributed by atoms with E-state index in [9.17, 15) is 8.42 Å². The van der Waals surface area contributed by atoms with Gasteiger partial charge in [-0.15, -0.1) is 12.4 Å². The van der Waals surface area contributed by atoms with Gasteiger partial charge in [0.15, 0.2) is 9.84 Å². The Labute approximate surface area is 205 Å². The molecule has 1 aliphatic heterocycles. The maximum atomic E-state index is 11.7. The molecule has 0 unspecified atom stereocenters. The standard InChI is InChI=1S/C24H24N6O2S.ClH/c25-13-17-3-4-27-23(10-17)29-24-12-20(19-1-2-19)11-22(28-24)21-9-18(14-26-15-21)16-30-5-7-33(31,32)8-6-30;/h3-4,9-12,14-15,19H,1-2,5-8,16H2,(H,27,28,29);1H. The molecule has 3 aromatic rings. The Morgan fingerprint density at radius 3 is 2.62 bits per heavy atom. The third kappa shape index (κ3) is 5.89. The largest absolute Gasteiger partial charge is 0.325 e. The zero-order chi connectivity index (χ0) is 22.8. The Hall–Kier alpha value is -3.06. The summed E-state index contributed by atoms with van der Waals surface area (Å²) in [6.45, 7) is 1.75. The van der Waals surface area contributed by atoms with Crippen molar-refractivity contribution >= 4 is 33.9 Å². The molecule has 1 saturated carbocycles. The summed E-state index contributed by atoms with van der Waals surface area (Å²) in [5.74, 6) is 2.22. The summed E-state index contributed by atoms with van der Waals surface area (Å²) in [5.41, 5.74) is 4.54. The number of nitriles is 1. The van der Waals surface area contributed by atoms with Crippen molar-refractivity contribution in [2.24, 2.45) is 0 Å². The molecule has 8 nitrogen and oxygen atoms in total. The van der Waals surface area contributed by atoms with Crippen LogP contribution in [0.2, 0.25) is 0 Å². The summed E-state index contributed by atoms with van der Waals surface area (Å²) in [5, 5.41) is 12.4. The quantitative estimate of drug-likeness (QED) is 0.550. The van der Waals surface area contributed by atoms with Crippen LogP contribution in [0.5, 0.6) is 0 Å². The van der Waals surface area contributed by atoms with Gasteiger partial charge in [0, 0.05) is 43.8 Å². The highest BCUT2D eigenvalue weighted by molar-refractivity contribution is 7.91. The van der Waals surface area contributed by atoms with E-state index in [1.165, 1.54) is 18.4 Å². The average molecular weight is 497 g/mol. The predicted molar refractivity (Wildman–Crippen MR) is 133 cm³/mol. The molecule has 1 saturated heterocycles. The van der Waals surface area contributed by atoms with Crippen molar-refractivity contribution in [1.82, 2.24) is 19.9 Å². The molecule has 0 radical (unpaired) electrons. The highest BCUT2D eigenvalue weighted by Gasteiger charge is 2.25. The molecule has 0 bridgehead atoms. The fourth-order valence-corrected chi connectivity index (χ4v) is 5.27. The fourth-order valence-electron chi connectivity index (χ4n) is 4.00. The Morgan fingerprint density at radius 1 is 1.09 bits per heavy atom. The zero-order valence-electron chi connectivity index (χ0n) is 18.5. The fraction of sp³-hybridized carbons (Fsp3) is 0.333. The van der Waals surface area contributed by atoms with Crippen LogP contribution in [-0.2, 0) is 16.4 Å². The molecule has 5 rings (SSSR count). The van der Waals surface area contributed by atoms with Crippen LogP contribution >= 0.6 is 12.4 Å². The Morgan fingerprint density at radius 2 is 1.88 bits per heavy atom. The summed E-state index contributed by atoms with van der Waals surface area (Å²) < 4.78 is 23.4. The number of aromatic nitrogens is 3. The molecule has 2 fully saturated rings. The number of nitrogens with one attached hydrogen (secondary N) is 1. The highest BCUT2D eigenvalue weighted by atomic mass is 35.5. The molecule has 176 valence electrons. The smallest absolute Gasteiger partial charge is 0.152 e. The number of anilines is 2. The number of hydrogen-bond acceptors (Lipinski definition) is 8. The van der Waals surface area contributed by atoms with Gasteiger partial charge in [-0.1, -0.05) is 0 Å². The molecule has 34 heavy (non-hydrogen) atoms. The molecule has 0 atom stereocenters. The second-order valence-corrected chi connectivity index (χ2v) is 10.9. The van der Waals surface area contributed by atoms with Gasteiger partial charge in [0.1, 0.15) is 11.6 Å². The molecule has 4 heterocycles. The maximum absolute atomic E-state index is 11.7. The van der Waals surface area contributed by atoms with E-state index in [4.69, 9.17) is 10.2 Å². The van der Waals surface area contributed by atoms with Crippen LogP contribution in [0.1, 0.15) is 35.4 Å². The molecule has 1 N–H and O–H groups in total. The van der Waals surface area contributed by atoms with Gasteiger partial charge in [-0.25, -0.2) is 18.4 Å². The average Bonchev–Trinajstić information content (AvgIpc) is 3.66. The third-order valence-electron chi connectivity index (χ3n) is 5.98. The summed E-state index contributed by atoms with van der Waals surface area (Å²) in [6, 6.07) is 11.7. The van der Waals surface area contributed by atoms with Gasteiger partial charge in [-0.05, 0) is 60.2 Å². The molecule has 2 aliphatic rings. The van der Waals surface area contributed by atoms with E-state index >= 15 is 0 Å². The van der Waals surface area contributed by atoms with E-state index in [0.29, 0.717) is 42.8 Å². The van der Waals surface area contributed by atoms with Gasteiger partial charge < -0.3 is 5.32 Å². The highest BCUT2D eigenvalue weighted by Crippen LogP contribution is 2.42. The first-order valence-corrected chi connectivity index (χ1v) is 12.8. The molecule has 0 spiro atoms. The Balaban J connectivity index is 0.00000274.